The molecule has 0 aromatic heterocycles. The van der Waals surface area contributed by atoms with Gasteiger partial charge in [-0.2, -0.15) is 0 Å². The summed E-state index contributed by atoms with van der Waals surface area (Å²) in [6.07, 6.45) is -0.963. The van der Waals surface area contributed by atoms with Crippen molar-refractivity contribution in [2.24, 2.45) is 5.92 Å². The first-order valence-corrected chi connectivity index (χ1v) is 16.9. The number of phenols is 1. The molecule has 0 spiro atoms. The molecule has 17 heteroatoms. The van der Waals surface area contributed by atoms with Gasteiger partial charge in [-0.3, -0.25) is 24.0 Å². The molecule has 49 heavy (non-hydrogen) atoms. The van der Waals surface area contributed by atoms with Gasteiger partial charge in [0, 0.05) is 18.1 Å². The Morgan fingerprint density at radius 1 is 0.755 bits per heavy atom. The number of alkyl carbamates (subject to hydrolysis) is 1. The highest BCUT2D eigenvalue weighted by Crippen LogP contribution is 2.13. The summed E-state index contributed by atoms with van der Waals surface area (Å²) >= 11 is 0. The molecule has 0 unspecified atom stereocenters. The number of carbonyl (C=O) groups is 6. The molecular weight excluding hydrogens is 664 g/mol. The zero-order chi connectivity index (χ0) is 36.7. The number of ether oxygens (including phenoxy) is 1. The van der Waals surface area contributed by atoms with Gasteiger partial charge in [-0.1, -0.05) is 62.4 Å². The Kier molecular flexibility index (Phi) is 15.2. The first-order valence-electron chi connectivity index (χ1n) is 14.9. The average molecular weight is 705 g/mol. The highest BCUT2D eigenvalue weighted by atomic mass is 32.2. The molecule has 2 aromatic rings. The minimum Gasteiger partial charge on any atom is -0.508 e. The SMILES string of the molecule is CC(C)[C@H](NC(=O)[C@@H](Cc1ccc(O)cc1)NC(=O)[C@H](CC(=O)O)NC(=O)OCc1ccccc1)C(=O)N[C@H](/C=C/S(C)(=O)=O)CC(=O)O. The molecule has 2 rings (SSSR count). The van der Waals surface area contributed by atoms with Crippen LogP contribution in [0, 0.1) is 5.92 Å². The van der Waals surface area contributed by atoms with Gasteiger partial charge >= 0.3 is 18.0 Å². The fourth-order valence-electron chi connectivity index (χ4n) is 4.29. The van der Waals surface area contributed by atoms with E-state index in [1.165, 1.54) is 24.3 Å². The summed E-state index contributed by atoms with van der Waals surface area (Å²) in [5, 5.41) is 38.6. The molecule has 0 aliphatic rings. The fourth-order valence-corrected chi connectivity index (χ4v) is 4.77. The van der Waals surface area contributed by atoms with E-state index >= 15 is 0 Å². The zero-order valence-corrected chi connectivity index (χ0v) is 27.8. The second-order valence-electron chi connectivity index (χ2n) is 11.4. The van der Waals surface area contributed by atoms with Crippen molar-refractivity contribution in [3.05, 3.63) is 77.2 Å². The maximum Gasteiger partial charge on any atom is 0.408 e. The summed E-state index contributed by atoms with van der Waals surface area (Å²) in [4.78, 5) is 75.6. The lowest BCUT2D eigenvalue weighted by atomic mass is 10.00. The maximum atomic E-state index is 13.6. The van der Waals surface area contributed by atoms with Crippen LogP contribution in [-0.4, -0.2) is 89.9 Å². The van der Waals surface area contributed by atoms with Crippen molar-refractivity contribution in [2.45, 2.75) is 63.9 Å². The van der Waals surface area contributed by atoms with Crippen LogP contribution in [0.2, 0.25) is 0 Å². The molecule has 0 aliphatic carbocycles. The van der Waals surface area contributed by atoms with Crippen LogP contribution in [0.3, 0.4) is 0 Å². The Labute approximate surface area is 282 Å². The Balaban J connectivity index is 2.30. The lowest BCUT2D eigenvalue weighted by Crippen LogP contribution is -2.59. The number of benzene rings is 2. The number of phenolic OH excluding ortho intramolecular Hbond substituents is 1. The molecule has 2 aromatic carbocycles. The molecular formula is C32H40N4O12S. The third-order valence-electron chi connectivity index (χ3n) is 6.74. The maximum absolute atomic E-state index is 13.6. The van der Waals surface area contributed by atoms with Crippen molar-refractivity contribution in [1.29, 1.82) is 0 Å². The van der Waals surface area contributed by atoms with E-state index in [4.69, 9.17) is 4.74 Å². The number of hydrogen-bond donors (Lipinski definition) is 7. The van der Waals surface area contributed by atoms with Crippen LogP contribution in [0.25, 0.3) is 0 Å². The molecule has 0 saturated heterocycles. The van der Waals surface area contributed by atoms with Crippen molar-refractivity contribution in [2.75, 3.05) is 6.26 Å². The lowest BCUT2D eigenvalue weighted by Gasteiger charge is -2.27. The minimum atomic E-state index is -3.66. The quantitative estimate of drug-likeness (QED) is 0.114. The number of carboxylic acids is 2. The Morgan fingerprint density at radius 2 is 1.35 bits per heavy atom. The number of aliphatic carboxylic acids is 2. The number of nitrogens with one attached hydrogen (secondary N) is 4. The summed E-state index contributed by atoms with van der Waals surface area (Å²) in [5.74, 6) is -6.27. The van der Waals surface area contributed by atoms with E-state index < -0.39 is 88.5 Å². The molecule has 16 nitrogen and oxygen atoms in total. The standard InChI is InChI=1S/C32H40N4O12S/c1-19(2)28(31(44)33-22(16-26(38)39)13-14-49(3,46)47)36-30(43)24(15-20-9-11-23(37)12-10-20)34-29(42)25(17-27(40)41)35-32(45)48-18-21-7-5-4-6-8-21/h4-14,19,22,24-25,28,37H,15-18H2,1-3H3,(H,33,44)(H,34,42)(H,35,45)(H,36,43)(H,38,39)(H,40,41)/b14-13+/t22-,24-,25+,28+/m1/s1. The van der Waals surface area contributed by atoms with Crippen LogP contribution >= 0.6 is 0 Å². The van der Waals surface area contributed by atoms with Crippen molar-refractivity contribution in [3.63, 3.8) is 0 Å². The largest absolute Gasteiger partial charge is 0.508 e. The van der Waals surface area contributed by atoms with E-state index in [-0.39, 0.29) is 18.8 Å². The van der Waals surface area contributed by atoms with Crippen molar-refractivity contribution in [1.82, 2.24) is 21.3 Å². The highest BCUT2D eigenvalue weighted by Gasteiger charge is 2.33. The van der Waals surface area contributed by atoms with Gasteiger partial charge in [-0.25, -0.2) is 13.2 Å². The van der Waals surface area contributed by atoms with E-state index in [0.717, 1.165) is 17.7 Å². The number of sulfone groups is 1. The first kappa shape index (κ1) is 39.7. The van der Waals surface area contributed by atoms with Crippen LogP contribution in [0.15, 0.2) is 66.1 Å². The molecule has 0 bridgehead atoms. The highest BCUT2D eigenvalue weighted by molar-refractivity contribution is 7.93. The second-order valence-corrected chi connectivity index (χ2v) is 13.3. The molecule has 0 aliphatic heterocycles. The normalized spacial score (nSPS) is 13.8. The van der Waals surface area contributed by atoms with Crippen LogP contribution in [0.4, 0.5) is 4.79 Å². The summed E-state index contributed by atoms with van der Waals surface area (Å²) in [6.45, 7) is 2.98. The summed E-state index contributed by atoms with van der Waals surface area (Å²) in [7, 11) is -3.66. The third kappa shape index (κ3) is 15.3. The van der Waals surface area contributed by atoms with Crippen molar-refractivity contribution < 1.29 is 57.2 Å². The van der Waals surface area contributed by atoms with Gasteiger partial charge in [-0.15, -0.1) is 0 Å². The zero-order valence-electron chi connectivity index (χ0n) is 27.0. The van der Waals surface area contributed by atoms with E-state index in [2.05, 4.69) is 21.3 Å². The topological polar surface area (TPSA) is 255 Å². The van der Waals surface area contributed by atoms with E-state index in [9.17, 15) is 52.5 Å². The van der Waals surface area contributed by atoms with Gasteiger partial charge in [0.15, 0.2) is 9.84 Å². The van der Waals surface area contributed by atoms with Gasteiger partial charge in [0.2, 0.25) is 17.7 Å². The average Bonchev–Trinajstić information content (AvgIpc) is 3.01. The van der Waals surface area contributed by atoms with Gasteiger partial charge in [0.1, 0.15) is 30.5 Å². The minimum absolute atomic E-state index is 0.0779. The Hall–Kier alpha value is -5.45. The smallest absolute Gasteiger partial charge is 0.408 e. The van der Waals surface area contributed by atoms with E-state index in [1.54, 1.807) is 44.2 Å². The molecule has 4 amide bonds. The number of aromatic hydroxyl groups is 1. The first-order chi connectivity index (χ1) is 22.9. The van der Waals surface area contributed by atoms with Crippen LogP contribution in [-0.2, 0) is 51.6 Å². The van der Waals surface area contributed by atoms with E-state index in [1.807, 2.05) is 0 Å². The molecule has 7 N–H and O–H groups in total. The van der Waals surface area contributed by atoms with E-state index in [0.29, 0.717) is 11.1 Å². The Bertz CT molecular complexity index is 1610. The number of rotatable bonds is 18. The fraction of sp³-hybridized carbons (Fsp3) is 0.375. The predicted octanol–water partition coefficient (Wildman–Crippen LogP) is 0.848. The van der Waals surface area contributed by atoms with Crippen molar-refractivity contribution >= 4 is 45.6 Å². The van der Waals surface area contributed by atoms with Gasteiger partial charge in [-0.05, 0) is 29.2 Å². The van der Waals surface area contributed by atoms with Crippen molar-refractivity contribution in [3.8, 4) is 5.75 Å². The summed E-state index contributed by atoms with van der Waals surface area (Å²) < 4.78 is 28.2. The van der Waals surface area contributed by atoms with Gasteiger partial charge in [0.05, 0.1) is 18.9 Å². The number of amides is 4. The monoisotopic (exact) mass is 704 g/mol. The molecule has 0 fully saturated rings. The van der Waals surface area contributed by atoms with Crippen LogP contribution in [0.1, 0.15) is 37.8 Å². The third-order valence-corrected chi connectivity index (χ3v) is 7.39. The van der Waals surface area contributed by atoms with Gasteiger partial charge < -0.3 is 41.3 Å². The summed E-state index contributed by atoms with van der Waals surface area (Å²) in [6, 6.07) is 8.46. The molecule has 266 valence electrons. The molecule has 0 heterocycles. The second kappa shape index (κ2) is 18.8. The lowest BCUT2D eigenvalue weighted by molar-refractivity contribution is -0.140. The molecule has 0 radical (unpaired) electrons. The number of hydrogen-bond acceptors (Lipinski definition) is 10. The molecule has 0 saturated carbocycles. The number of carbonyl (C=O) groups excluding carboxylic acids is 4. The van der Waals surface area contributed by atoms with Crippen LogP contribution in [0.5, 0.6) is 5.75 Å². The predicted molar refractivity (Wildman–Crippen MR) is 174 cm³/mol. The van der Waals surface area contributed by atoms with Gasteiger partial charge in [0.25, 0.3) is 0 Å². The van der Waals surface area contributed by atoms with Crippen LogP contribution < -0.4 is 21.3 Å². The summed E-state index contributed by atoms with van der Waals surface area (Å²) in [5.41, 5.74) is 1.08. The molecule has 4 atom stereocenters. The Morgan fingerprint density at radius 3 is 1.90 bits per heavy atom. The number of carboxylic acid groups (broad SMARTS) is 2.